The Bertz CT molecular complexity index is 1500. The molecule has 0 spiro atoms. The molecule has 5 heteroatoms. The second-order valence-corrected chi connectivity index (χ2v) is 12.6. The SMILES string of the molecule is CC(C)(C)NC(=O)c1c(CCC(O)Cc2ccccc2C(=O)NC(C)(C)Cc2ccccc2)ccc2ccccc12. The molecule has 0 radical (unpaired) electrons. The Hall–Kier alpha value is -3.96. The number of benzene rings is 4. The number of carbonyl (C=O) groups excluding carboxylic acids is 2. The van der Waals surface area contributed by atoms with Crippen LogP contribution in [0.15, 0.2) is 91.0 Å². The number of aliphatic hydroxyl groups excluding tert-OH is 1. The normalized spacial score (nSPS) is 12.6. The van der Waals surface area contributed by atoms with Crippen molar-refractivity contribution < 1.29 is 14.7 Å². The highest BCUT2D eigenvalue weighted by Crippen LogP contribution is 2.25. The number of aryl methyl sites for hydroxylation is 1. The van der Waals surface area contributed by atoms with Gasteiger partial charge in [-0.3, -0.25) is 9.59 Å². The van der Waals surface area contributed by atoms with Crippen LogP contribution in [0.2, 0.25) is 0 Å². The molecule has 0 fully saturated rings. The number of amides is 2. The van der Waals surface area contributed by atoms with Crippen molar-refractivity contribution in [3.8, 4) is 0 Å². The first-order chi connectivity index (χ1) is 19.4. The average Bonchev–Trinajstić information content (AvgIpc) is 2.90. The highest BCUT2D eigenvalue weighted by atomic mass is 16.3. The summed E-state index contributed by atoms with van der Waals surface area (Å²) >= 11 is 0. The van der Waals surface area contributed by atoms with E-state index in [1.807, 2.05) is 113 Å². The van der Waals surface area contributed by atoms with Crippen molar-refractivity contribution in [3.05, 3.63) is 119 Å². The molecule has 0 saturated carbocycles. The zero-order valence-corrected chi connectivity index (χ0v) is 24.8. The summed E-state index contributed by atoms with van der Waals surface area (Å²) in [5, 5.41) is 19.3. The first-order valence-electron chi connectivity index (χ1n) is 14.4. The first-order valence-corrected chi connectivity index (χ1v) is 14.4. The molecule has 5 nitrogen and oxygen atoms in total. The summed E-state index contributed by atoms with van der Waals surface area (Å²) in [4.78, 5) is 26.7. The van der Waals surface area contributed by atoms with Gasteiger partial charge in [0.05, 0.1) is 11.7 Å². The van der Waals surface area contributed by atoms with Crippen molar-refractivity contribution >= 4 is 22.6 Å². The van der Waals surface area contributed by atoms with Gasteiger partial charge in [-0.25, -0.2) is 0 Å². The van der Waals surface area contributed by atoms with Crippen LogP contribution >= 0.6 is 0 Å². The van der Waals surface area contributed by atoms with E-state index < -0.39 is 11.6 Å². The van der Waals surface area contributed by atoms with Crippen molar-refractivity contribution in [1.82, 2.24) is 10.6 Å². The molecule has 2 amide bonds. The smallest absolute Gasteiger partial charge is 0.252 e. The third kappa shape index (κ3) is 8.27. The minimum atomic E-state index is -0.675. The van der Waals surface area contributed by atoms with Gasteiger partial charge in [0, 0.05) is 16.6 Å². The van der Waals surface area contributed by atoms with Gasteiger partial charge < -0.3 is 15.7 Å². The maximum absolute atomic E-state index is 13.4. The van der Waals surface area contributed by atoms with Gasteiger partial charge in [0.15, 0.2) is 0 Å². The molecule has 1 unspecified atom stereocenters. The van der Waals surface area contributed by atoms with Crippen LogP contribution in [0.4, 0.5) is 0 Å². The van der Waals surface area contributed by atoms with Crippen LogP contribution in [-0.4, -0.2) is 34.1 Å². The van der Waals surface area contributed by atoms with Gasteiger partial charge >= 0.3 is 0 Å². The third-order valence-corrected chi connectivity index (χ3v) is 7.14. The van der Waals surface area contributed by atoms with Crippen LogP contribution in [0.25, 0.3) is 10.8 Å². The fraction of sp³-hybridized carbons (Fsp3) is 0.333. The van der Waals surface area contributed by atoms with Gasteiger partial charge in [-0.1, -0.05) is 84.9 Å². The lowest BCUT2D eigenvalue weighted by atomic mass is 9.91. The Morgan fingerprint density at radius 1 is 0.732 bits per heavy atom. The number of hydrogen-bond acceptors (Lipinski definition) is 3. The van der Waals surface area contributed by atoms with E-state index in [0.29, 0.717) is 36.8 Å². The van der Waals surface area contributed by atoms with Crippen molar-refractivity contribution in [2.75, 3.05) is 0 Å². The van der Waals surface area contributed by atoms with Gasteiger partial charge in [0.1, 0.15) is 0 Å². The molecule has 4 aromatic rings. The summed E-state index contributed by atoms with van der Waals surface area (Å²) in [5.74, 6) is -0.261. The van der Waals surface area contributed by atoms with Crippen LogP contribution in [-0.2, 0) is 19.3 Å². The fourth-order valence-corrected chi connectivity index (χ4v) is 5.32. The minimum absolute atomic E-state index is 0.112. The summed E-state index contributed by atoms with van der Waals surface area (Å²) in [6.45, 7) is 9.94. The molecular weight excluding hydrogens is 508 g/mol. The summed E-state index contributed by atoms with van der Waals surface area (Å²) < 4.78 is 0. The van der Waals surface area contributed by atoms with Crippen molar-refractivity contribution in [1.29, 1.82) is 0 Å². The van der Waals surface area contributed by atoms with E-state index in [9.17, 15) is 14.7 Å². The topological polar surface area (TPSA) is 78.4 Å². The van der Waals surface area contributed by atoms with E-state index in [0.717, 1.165) is 27.5 Å². The van der Waals surface area contributed by atoms with Crippen molar-refractivity contribution in [2.45, 2.75) is 77.5 Å². The molecule has 0 aliphatic heterocycles. The van der Waals surface area contributed by atoms with E-state index in [4.69, 9.17) is 0 Å². The largest absolute Gasteiger partial charge is 0.393 e. The van der Waals surface area contributed by atoms with Gasteiger partial charge in [-0.05, 0) is 93.8 Å². The molecular formula is C36H42N2O3. The maximum atomic E-state index is 13.4. The number of rotatable bonds is 10. The molecule has 0 heterocycles. The summed E-state index contributed by atoms with van der Waals surface area (Å²) in [7, 11) is 0. The predicted octanol–water partition coefficient (Wildman–Crippen LogP) is 6.66. The van der Waals surface area contributed by atoms with Crippen LogP contribution in [0.5, 0.6) is 0 Å². The Morgan fingerprint density at radius 3 is 2.12 bits per heavy atom. The first kappa shape index (κ1) is 30.0. The highest BCUT2D eigenvalue weighted by Gasteiger charge is 2.24. The second kappa shape index (κ2) is 12.7. The molecule has 0 bridgehead atoms. The standard InChI is InChI=1S/C36H42N2O3/c1-35(2,3)37-34(41)32-27(20-19-26-15-9-11-17-30(26)32)21-22-29(39)23-28-16-10-12-18-31(28)33(40)38-36(4,5)24-25-13-7-6-8-14-25/h6-20,29,39H,21-24H2,1-5H3,(H,37,41)(H,38,40). The lowest BCUT2D eigenvalue weighted by Crippen LogP contribution is -2.45. The zero-order valence-electron chi connectivity index (χ0n) is 24.8. The molecule has 0 aromatic heterocycles. The monoisotopic (exact) mass is 550 g/mol. The number of aliphatic hydroxyl groups is 1. The van der Waals surface area contributed by atoms with Crippen LogP contribution in [0.1, 0.15) is 78.4 Å². The molecule has 3 N–H and O–H groups in total. The number of carbonyl (C=O) groups is 2. The maximum Gasteiger partial charge on any atom is 0.252 e. The predicted molar refractivity (Wildman–Crippen MR) is 167 cm³/mol. The molecule has 41 heavy (non-hydrogen) atoms. The lowest BCUT2D eigenvalue weighted by molar-refractivity contribution is 0.0903. The lowest BCUT2D eigenvalue weighted by Gasteiger charge is -2.27. The highest BCUT2D eigenvalue weighted by molar-refractivity contribution is 6.08. The van der Waals surface area contributed by atoms with E-state index in [-0.39, 0.29) is 17.4 Å². The molecule has 4 aromatic carbocycles. The number of nitrogens with one attached hydrogen (secondary N) is 2. The number of fused-ring (bicyclic) bond motifs is 1. The number of hydrogen-bond donors (Lipinski definition) is 3. The van der Waals surface area contributed by atoms with Gasteiger partial charge in [0.2, 0.25) is 0 Å². The summed E-state index contributed by atoms with van der Waals surface area (Å²) in [6, 6.07) is 29.5. The zero-order chi connectivity index (χ0) is 29.6. The van der Waals surface area contributed by atoms with Gasteiger partial charge in [-0.2, -0.15) is 0 Å². The third-order valence-electron chi connectivity index (χ3n) is 7.14. The minimum Gasteiger partial charge on any atom is -0.393 e. The van der Waals surface area contributed by atoms with E-state index in [2.05, 4.69) is 22.8 Å². The summed E-state index contributed by atoms with van der Waals surface area (Å²) in [6.07, 6.45) is 1.38. The Labute approximate surface area is 244 Å². The summed E-state index contributed by atoms with van der Waals surface area (Å²) in [5.41, 5.74) is 3.28. The Kier molecular flexibility index (Phi) is 9.29. The van der Waals surface area contributed by atoms with Crippen molar-refractivity contribution in [3.63, 3.8) is 0 Å². The molecule has 0 aliphatic carbocycles. The van der Waals surface area contributed by atoms with Crippen LogP contribution < -0.4 is 10.6 Å². The molecule has 214 valence electrons. The fourth-order valence-electron chi connectivity index (χ4n) is 5.32. The average molecular weight is 551 g/mol. The second-order valence-electron chi connectivity index (χ2n) is 12.6. The molecule has 0 aliphatic rings. The molecule has 1 atom stereocenters. The van der Waals surface area contributed by atoms with Crippen LogP contribution in [0.3, 0.4) is 0 Å². The van der Waals surface area contributed by atoms with Crippen molar-refractivity contribution in [2.24, 2.45) is 0 Å². The van der Waals surface area contributed by atoms with Gasteiger partial charge in [0.25, 0.3) is 11.8 Å². The van der Waals surface area contributed by atoms with Crippen LogP contribution in [0, 0.1) is 0 Å². The molecule has 0 saturated heterocycles. The van der Waals surface area contributed by atoms with E-state index in [1.165, 1.54) is 0 Å². The quantitative estimate of drug-likeness (QED) is 0.207. The van der Waals surface area contributed by atoms with E-state index >= 15 is 0 Å². The Morgan fingerprint density at radius 2 is 1.39 bits per heavy atom. The van der Waals surface area contributed by atoms with Gasteiger partial charge in [-0.15, -0.1) is 0 Å². The Balaban J connectivity index is 1.47. The molecule has 4 rings (SSSR count). The van der Waals surface area contributed by atoms with E-state index in [1.54, 1.807) is 0 Å².